The van der Waals surface area contributed by atoms with Gasteiger partial charge in [0.2, 0.25) is 0 Å². The van der Waals surface area contributed by atoms with E-state index in [0.29, 0.717) is 11.8 Å². The Morgan fingerprint density at radius 1 is 0.833 bits per heavy atom. The van der Waals surface area contributed by atoms with E-state index < -0.39 is 0 Å². The summed E-state index contributed by atoms with van der Waals surface area (Å²) in [5.74, 6) is 4.16. The average Bonchev–Trinajstić information content (AvgIpc) is 3.60. The maximum atomic E-state index is 6.69. The summed E-state index contributed by atoms with van der Waals surface area (Å²) in [6, 6.07) is 25.1. The second kappa shape index (κ2) is 13.3. The van der Waals surface area contributed by atoms with Crippen LogP contribution in [0.4, 0.5) is 0 Å². The summed E-state index contributed by atoms with van der Waals surface area (Å²) < 4.78 is 16.6. The topological polar surface area (TPSA) is 54.1 Å². The summed E-state index contributed by atoms with van der Waals surface area (Å²) in [6.45, 7) is 11.4. The van der Waals surface area contributed by atoms with E-state index in [9.17, 15) is 0 Å². The monoisotopic (exact) mass is 638 g/mol. The molecule has 0 aliphatic heterocycles. The molecule has 1 aliphatic carbocycles. The SMILES string of the molecule is CCCc1nn(-c2cc(C)cc(Oc3ccc4c5ccccc5n(-c5cc(OC)ccn5)c4c3)c2)c(CCC)c1C1C(C)=CCC[C@@H]1C. The van der Waals surface area contributed by atoms with E-state index in [-0.39, 0.29) is 0 Å². The number of para-hydroxylation sites is 1. The first-order valence-electron chi connectivity index (χ1n) is 17.5. The van der Waals surface area contributed by atoms with Gasteiger partial charge in [-0.25, -0.2) is 9.67 Å². The van der Waals surface area contributed by atoms with Crippen molar-refractivity contribution in [3.63, 3.8) is 0 Å². The number of pyridine rings is 1. The van der Waals surface area contributed by atoms with E-state index in [1.807, 2.05) is 12.1 Å². The van der Waals surface area contributed by atoms with Crippen molar-refractivity contribution in [3.8, 4) is 28.8 Å². The fourth-order valence-corrected chi connectivity index (χ4v) is 7.77. The molecule has 6 nitrogen and oxygen atoms in total. The molecule has 2 atom stereocenters. The van der Waals surface area contributed by atoms with Gasteiger partial charge in [0.1, 0.15) is 23.1 Å². The van der Waals surface area contributed by atoms with Crippen LogP contribution in [0.2, 0.25) is 0 Å². The van der Waals surface area contributed by atoms with Gasteiger partial charge in [0.15, 0.2) is 0 Å². The Kier molecular flexibility index (Phi) is 8.83. The highest BCUT2D eigenvalue weighted by Crippen LogP contribution is 2.43. The number of hydrogen-bond acceptors (Lipinski definition) is 4. The van der Waals surface area contributed by atoms with Gasteiger partial charge in [-0.3, -0.25) is 4.57 Å². The molecule has 0 saturated heterocycles. The Morgan fingerprint density at radius 3 is 2.44 bits per heavy atom. The summed E-state index contributed by atoms with van der Waals surface area (Å²) in [6.07, 6.45) is 10.8. The van der Waals surface area contributed by atoms with Gasteiger partial charge in [-0.1, -0.05) is 63.5 Å². The second-order valence-corrected chi connectivity index (χ2v) is 13.4. The van der Waals surface area contributed by atoms with Crippen LogP contribution >= 0.6 is 0 Å². The molecular formula is C42H46N4O2. The van der Waals surface area contributed by atoms with Gasteiger partial charge in [-0.05, 0) is 87.4 Å². The van der Waals surface area contributed by atoms with E-state index in [0.717, 1.165) is 76.4 Å². The summed E-state index contributed by atoms with van der Waals surface area (Å²) in [5, 5.41) is 7.67. The Bertz CT molecular complexity index is 2140. The van der Waals surface area contributed by atoms with Gasteiger partial charge < -0.3 is 9.47 Å². The van der Waals surface area contributed by atoms with Crippen LogP contribution in [0.15, 0.2) is 90.6 Å². The normalized spacial score (nSPS) is 16.4. The van der Waals surface area contributed by atoms with Crippen molar-refractivity contribution in [2.45, 2.75) is 79.1 Å². The Hall–Kier alpha value is -4.84. The van der Waals surface area contributed by atoms with Crippen LogP contribution in [0.3, 0.4) is 0 Å². The van der Waals surface area contributed by atoms with Gasteiger partial charge in [-0.2, -0.15) is 5.10 Å². The Morgan fingerprint density at radius 2 is 1.65 bits per heavy atom. The Balaban J connectivity index is 1.32. The fraction of sp³-hybridized carbons (Fsp3) is 0.333. The lowest BCUT2D eigenvalue weighted by Crippen LogP contribution is -2.18. The molecule has 48 heavy (non-hydrogen) atoms. The number of allylic oxidation sites excluding steroid dienone is 2. The molecular weight excluding hydrogens is 592 g/mol. The highest BCUT2D eigenvalue weighted by molar-refractivity contribution is 6.09. The minimum Gasteiger partial charge on any atom is -0.497 e. The number of rotatable bonds is 10. The first-order chi connectivity index (χ1) is 23.4. The summed E-state index contributed by atoms with van der Waals surface area (Å²) in [5.41, 5.74) is 9.86. The largest absolute Gasteiger partial charge is 0.497 e. The predicted molar refractivity (Wildman–Crippen MR) is 196 cm³/mol. The molecule has 0 amide bonds. The van der Waals surface area contributed by atoms with Crippen molar-refractivity contribution in [3.05, 3.63) is 113 Å². The van der Waals surface area contributed by atoms with Crippen LogP contribution in [0.5, 0.6) is 17.2 Å². The van der Waals surface area contributed by atoms with Crippen molar-refractivity contribution in [2.24, 2.45) is 5.92 Å². The summed E-state index contributed by atoms with van der Waals surface area (Å²) >= 11 is 0. The predicted octanol–water partition coefficient (Wildman–Crippen LogP) is 10.8. The molecule has 0 saturated carbocycles. The molecule has 7 rings (SSSR count). The third-order valence-corrected chi connectivity index (χ3v) is 9.87. The van der Waals surface area contributed by atoms with E-state index in [1.54, 1.807) is 13.3 Å². The van der Waals surface area contributed by atoms with Crippen molar-refractivity contribution in [1.82, 2.24) is 19.3 Å². The smallest absolute Gasteiger partial charge is 0.141 e. The van der Waals surface area contributed by atoms with E-state index in [1.165, 1.54) is 40.8 Å². The molecule has 0 fully saturated rings. The molecule has 0 bridgehead atoms. The molecule has 1 unspecified atom stereocenters. The quantitative estimate of drug-likeness (QED) is 0.140. The minimum atomic E-state index is 0.425. The maximum absolute atomic E-state index is 6.69. The van der Waals surface area contributed by atoms with Crippen LogP contribution in [0.1, 0.15) is 81.8 Å². The number of ether oxygens (including phenoxy) is 2. The first kappa shape index (κ1) is 31.7. The van der Waals surface area contributed by atoms with Crippen LogP contribution < -0.4 is 9.47 Å². The third-order valence-electron chi connectivity index (χ3n) is 9.87. The highest BCUT2D eigenvalue weighted by Gasteiger charge is 2.31. The van der Waals surface area contributed by atoms with Gasteiger partial charge in [-0.15, -0.1) is 0 Å². The van der Waals surface area contributed by atoms with Crippen molar-refractivity contribution in [1.29, 1.82) is 0 Å². The number of benzene rings is 3. The number of aryl methyl sites for hydroxylation is 2. The molecule has 6 aromatic rings. The van der Waals surface area contributed by atoms with Gasteiger partial charge >= 0.3 is 0 Å². The lowest BCUT2D eigenvalue weighted by Gasteiger charge is -2.30. The molecule has 1 aliphatic rings. The number of hydrogen-bond donors (Lipinski definition) is 0. The zero-order chi connectivity index (χ0) is 33.4. The molecule has 0 N–H and O–H groups in total. The summed E-state index contributed by atoms with van der Waals surface area (Å²) in [7, 11) is 1.68. The zero-order valence-electron chi connectivity index (χ0n) is 29.1. The lowest BCUT2D eigenvalue weighted by molar-refractivity contribution is 0.414. The molecule has 0 radical (unpaired) electrons. The minimum absolute atomic E-state index is 0.425. The van der Waals surface area contributed by atoms with Crippen molar-refractivity contribution >= 4 is 21.8 Å². The number of aromatic nitrogens is 4. The van der Waals surface area contributed by atoms with Crippen LogP contribution in [0, 0.1) is 12.8 Å². The standard InChI is InChI=1S/C42H46N4O2/c1-7-12-36-42(41-28(4)14-11-15-29(41)5)38(13-8-2)46(44-36)30-22-27(3)23-33(24-30)48-32-18-19-35-34-16-9-10-17-37(34)45(39(35)25-32)40-26-31(47-6)20-21-43-40/h9-10,14,16-26,29,41H,7-8,11-13,15H2,1-6H3/t29-,41?/m0/s1. The molecule has 0 spiro atoms. The van der Waals surface area contributed by atoms with Gasteiger partial charge in [0.05, 0.1) is 29.5 Å². The lowest BCUT2D eigenvalue weighted by atomic mass is 9.74. The van der Waals surface area contributed by atoms with Gasteiger partial charge in [0, 0.05) is 52.3 Å². The van der Waals surface area contributed by atoms with E-state index in [4.69, 9.17) is 19.6 Å². The highest BCUT2D eigenvalue weighted by atomic mass is 16.5. The first-order valence-corrected chi connectivity index (χ1v) is 17.5. The molecule has 3 heterocycles. The van der Waals surface area contributed by atoms with Crippen LogP contribution in [-0.4, -0.2) is 26.4 Å². The molecule has 3 aromatic carbocycles. The number of fused-ring (bicyclic) bond motifs is 3. The third kappa shape index (κ3) is 5.78. The van der Waals surface area contributed by atoms with Crippen LogP contribution in [0.25, 0.3) is 33.3 Å². The summed E-state index contributed by atoms with van der Waals surface area (Å²) in [4.78, 5) is 4.72. The number of nitrogens with zero attached hydrogens (tertiary/aromatic N) is 4. The zero-order valence-corrected chi connectivity index (χ0v) is 29.1. The molecule has 3 aromatic heterocycles. The Labute approximate surface area is 284 Å². The van der Waals surface area contributed by atoms with Crippen molar-refractivity contribution < 1.29 is 9.47 Å². The number of methoxy groups -OCH3 is 1. The van der Waals surface area contributed by atoms with Crippen LogP contribution in [-0.2, 0) is 12.8 Å². The second-order valence-electron chi connectivity index (χ2n) is 13.4. The molecule has 6 heteroatoms. The van der Waals surface area contributed by atoms with Crippen molar-refractivity contribution in [2.75, 3.05) is 7.11 Å². The van der Waals surface area contributed by atoms with Gasteiger partial charge in [0.25, 0.3) is 0 Å². The molecule has 246 valence electrons. The van der Waals surface area contributed by atoms with E-state index >= 15 is 0 Å². The van der Waals surface area contributed by atoms with E-state index in [2.05, 4.69) is 111 Å². The fourth-order valence-electron chi connectivity index (χ4n) is 7.77. The maximum Gasteiger partial charge on any atom is 0.141 e. The average molecular weight is 639 g/mol.